The molecule has 1 N–H and O–H groups in total. The highest BCUT2D eigenvalue weighted by Crippen LogP contribution is 2.24. The number of benzene rings is 1. The second-order valence-corrected chi connectivity index (χ2v) is 7.23. The van der Waals surface area contributed by atoms with E-state index in [0.29, 0.717) is 25.2 Å². The SMILES string of the molecule is CCOC(=O)c1ccc(C)c(S(=O)(=O)N2CCNCC2C)c1. The summed E-state index contributed by atoms with van der Waals surface area (Å²) in [7, 11) is -3.63. The highest BCUT2D eigenvalue weighted by Gasteiger charge is 2.32. The Morgan fingerprint density at radius 2 is 2.18 bits per heavy atom. The highest BCUT2D eigenvalue weighted by molar-refractivity contribution is 7.89. The molecule has 122 valence electrons. The first-order chi connectivity index (χ1) is 10.4. The fraction of sp³-hybridized carbons (Fsp3) is 0.533. The van der Waals surface area contributed by atoms with Gasteiger partial charge in [-0.15, -0.1) is 0 Å². The summed E-state index contributed by atoms with van der Waals surface area (Å²) in [5, 5.41) is 3.17. The fourth-order valence-corrected chi connectivity index (χ4v) is 4.41. The molecule has 7 heteroatoms. The molecule has 0 aromatic heterocycles. The van der Waals surface area contributed by atoms with Crippen molar-refractivity contribution < 1.29 is 17.9 Å². The zero-order valence-corrected chi connectivity index (χ0v) is 13.9. The molecule has 1 aromatic rings. The third-order valence-corrected chi connectivity index (χ3v) is 5.88. The van der Waals surface area contributed by atoms with Crippen LogP contribution in [0.1, 0.15) is 29.8 Å². The molecule has 1 unspecified atom stereocenters. The van der Waals surface area contributed by atoms with Crippen LogP contribution in [0.4, 0.5) is 0 Å². The van der Waals surface area contributed by atoms with Crippen molar-refractivity contribution in [1.82, 2.24) is 9.62 Å². The van der Waals surface area contributed by atoms with E-state index in [-0.39, 0.29) is 23.1 Å². The molecule has 6 nitrogen and oxygen atoms in total. The second kappa shape index (κ2) is 6.76. The standard InChI is InChI=1S/C15H22N2O4S/c1-4-21-15(18)13-6-5-11(2)14(9-13)22(19,20)17-8-7-16-10-12(17)3/h5-6,9,12,16H,4,7-8,10H2,1-3H3. The van der Waals surface area contributed by atoms with Crippen LogP contribution in [0.3, 0.4) is 0 Å². The number of sulfonamides is 1. The molecular formula is C15H22N2O4S. The lowest BCUT2D eigenvalue weighted by atomic mass is 10.1. The Morgan fingerprint density at radius 3 is 2.82 bits per heavy atom. The summed E-state index contributed by atoms with van der Waals surface area (Å²) in [5.41, 5.74) is 0.882. The number of nitrogens with one attached hydrogen (secondary N) is 1. The summed E-state index contributed by atoms with van der Waals surface area (Å²) in [6, 6.07) is 4.53. The number of carbonyl (C=O) groups excluding carboxylic acids is 1. The van der Waals surface area contributed by atoms with Gasteiger partial charge < -0.3 is 10.1 Å². The van der Waals surface area contributed by atoms with Gasteiger partial charge in [0.15, 0.2) is 0 Å². The molecule has 0 saturated carbocycles. The first-order valence-electron chi connectivity index (χ1n) is 7.38. The van der Waals surface area contributed by atoms with E-state index < -0.39 is 16.0 Å². The Bertz CT molecular complexity index is 658. The van der Waals surface area contributed by atoms with Crippen LogP contribution in [-0.4, -0.2) is 51.0 Å². The third-order valence-electron chi connectivity index (χ3n) is 3.73. The topological polar surface area (TPSA) is 75.7 Å². The Kier molecular flexibility index (Phi) is 5.20. The molecule has 1 fully saturated rings. The summed E-state index contributed by atoms with van der Waals surface area (Å²) < 4.78 is 32.2. The van der Waals surface area contributed by atoms with E-state index in [9.17, 15) is 13.2 Å². The number of ether oxygens (including phenoxy) is 1. The van der Waals surface area contributed by atoms with Crippen LogP contribution in [0, 0.1) is 6.92 Å². The van der Waals surface area contributed by atoms with Crippen LogP contribution in [-0.2, 0) is 14.8 Å². The number of nitrogens with zero attached hydrogens (tertiary/aromatic N) is 1. The van der Waals surface area contributed by atoms with Gasteiger partial charge in [0.2, 0.25) is 10.0 Å². The molecule has 22 heavy (non-hydrogen) atoms. The lowest BCUT2D eigenvalue weighted by Gasteiger charge is -2.33. The maximum atomic E-state index is 12.9. The summed E-state index contributed by atoms with van der Waals surface area (Å²) >= 11 is 0. The Hall–Kier alpha value is -1.44. The average Bonchev–Trinajstić information content (AvgIpc) is 2.48. The predicted octanol–water partition coefficient (Wildman–Crippen LogP) is 1.15. The van der Waals surface area contributed by atoms with Crippen LogP contribution < -0.4 is 5.32 Å². The molecule has 2 rings (SSSR count). The van der Waals surface area contributed by atoms with Crippen LogP contribution in [0.2, 0.25) is 0 Å². The first kappa shape index (κ1) is 16.9. The minimum absolute atomic E-state index is 0.121. The predicted molar refractivity (Wildman–Crippen MR) is 83.4 cm³/mol. The van der Waals surface area contributed by atoms with Crippen LogP contribution >= 0.6 is 0 Å². The molecule has 1 heterocycles. The maximum Gasteiger partial charge on any atom is 0.338 e. The minimum atomic E-state index is -3.63. The minimum Gasteiger partial charge on any atom is -0.462 e. The van der Waals surface area contributed by atoms with E-state index in [4.69, 9.17) is 4.74 Å². The molecule has 1 aliphatic heterocycles. The van der Waals surface area contributed by atoms with Crippen molar-refractivity contribution in [2.45, 2.75) is 31.7 Å². The molecule has 0 bridgehead atoms. The summed E-state index contributed by atoms with van der Waals surface area (Å²) in [5.74, 6) is -0.507. The van der Waals surface area contributed by atoms with Crippen molar-refractivity contribution in [3.8, 4) is 0 Å². The molecule has 0 amide bonds. The smallest absolute Gasteiger partial charge is 0.338 e. The molecule has 1 saturated heterocycles. The molecule has 1 aromatic carbocycles. The third kappa shape index (κ3) is 3.31. The van der Waals surface area contributed by atoms with Crippen LogP contribution in [0.15, 0.2) is 23.1 Å². The van der Waals surface area contributed by atoms with E-state index in [0.717, 1.165) is 0 Å². The Morgan fingerprint density at radius 1 is 1.45 bits per heavy atom. The van der Waals surface area contributed by atoms with Crippen molar-refractivity contribution in [2.24, 2.45) is 0 Å². The molecule has 1 atom stereocenters. The van der Waals surface area contributed by atoms with E-state index in [1.807, 2.05) is 6.92 Å². The van der Waals surface area contributed by atoms with Crippen molar-refractivity contribution in [2.75, 3.05) is 26.2 Å². The van der Waals surface area contributed by atoms with Gasteiger partial charge in [0.05, 0.1) is 17.1 Å². The first-order valence-corrected chi connectivity index (χ1v) is 8.82. The maximum absolute atomic E-state index is 12.9. The van der Waals surface area contributed by atoms with Crippen molar-refractivity contribution >= 4 is 16.0 Å². The van der Waals surface area contributed by atoms with Crippen molar-refractivity contribution in [3.05, 3.63) is 29.3 Å². The lowest BCUT2D eigenvalue weighted by Crippen LogP contribution is -2.52. The van der Waals surface area contributed by atoms with Gasteiger partial charge in [-0.1, -0.05) is 6.07 Å². The van der Waals surface area contributed by atoms with Gasteiger partial charge in [-0.05, 0) is 38.5 Å². The largest absolute Gasteiger partial charge is 0.462 e. The monoisotopic (exact) mass is 326 g/mol. The highest BCUT2D eigenvalue weighted by atomic mass is 32.2. The number of piperazine rings is 1. The second-order valence-electron chi connectivity index (χ2n) is 5.37. The quantitative estimate of drug-likeness (QED) is 0.840. The number of rotatable bonds is 4. The number of esters is 1. The van der Waals surface area contributed by atoms with Crippen molar-refractivity contribution in [3.63, 3.8) is 0 Å². The van der Waals surface area contributed by atoms with Crippen LogP contribution in [0.5, 0.6) is 0 Å². The molecule has 0 radical (unpaired) electrons. The van der Waals surface area contributed by atoms with Gasteiger partial charge >= 0.3 is 5.97 Å². The summed E-state index contributed by atoms with van der Waals surface area (Å²) in [6.45, 7) is 7.24. The van der Waals surface area contributed by atoms with Crippen LogP contribution in [0.25, 0.3) is 0 Å². The number of carbonyl (C=O) groups is 1. The fourth-order valence-electron chi connectivity index (χ4n) is 2.53. The molecule has 0 aliphatic carbocycles. The summed E-state index contributed by atoms with van der Waals surface area (Å²) in [4.78, 5) is 12.0. The van der Waals surface area contributed by atoms with Gasteiger partial charge in [-0.3, -0.25) is 0 Å². The van der Waals surface area contributed by atoms with Gasteiger partial charge in [-0.25, -0.2) is 13.2 Å². The normalized spacial score (nSPS) is 19.9. The Balaban J connectivity index is 2.41. The zero-order chi connectivity index (χ0) is 16.3. The molecular weight excluding hydrogens is 304 g/mol. The number of hydrogen-bond acceptors (Lipinski definition) is 5. The van der Waals surface area contributed by atoms with Gasteiger partial charge in [0.25, 0.3) is 0 Å². The molecule has 1 aliphatic rings. The average molecular weight is 326 g/mol. The molecule has 0 spiro atoms. The van der Waals surface area contributed by atoms with E-state index in [2.05, 4.69) is 5.32 Å². The lowest BCUT2D eigenvalue weighted by molar-refractivity contribution is 0.0526. The van der Waals surface area contributed by atoms with Crippen molar-refractivity contribution in [1.29, 1.82) is 0 Å². The number of aryl methyl sites for hydroxylation is 1. The zero-order valence-electron chi connectivity index (χ0n) is 13.1. The summed E-state index contributed by atoms with van der Waals surface area (Å²) in [6.07, 6.45) is 0. The Labute approximate surface area is 131 Å². The van der Waals surface area contributed by atoms with Gasteiger partial charge in [-0.2, -0.15) is 4.31 Å². The number of hydrogen-bond donors (Lipinski definition) is 1. The van der Waals surface area contributed by atoms with E-state index in [1.165, 1.54) is 10.4 Å². The van der Waals surface area contributed by atoms with Gasteiger partial charge in [0.1, 0.15) is 0 Å². The van der Waals surface area contributed by atoms with Gasteiger partial charge in [0, 0.05) is 25.7 Å². The van der Waals surface area contributed by atoms with E-state index in [1.54, 1.807) is 26.0 Å². The van der Waals surface area contributed by atoms with E-state index >= 15 is 0 Å².